The molecule has 0 spiro atoms. The highest BCUT2D eigenvalue weighted by molar-refractivity contribution is 9.09. The van der Waals surface area contributed by atoms with Crippen molar-refractivity contribution in [3.8, 4) is 0 Å². The molecule has 0 bridgehead atoms. The highest BCUT2D eigenvalue weighted by atomic mass is 79.9. The Morgan fingerprint density at radius 3 is 2.46 bits per heavy atom. The van der Waals surface area contributed by atoms with Gasteiger partial charge in [0.2, 0.25) is 0 Å². The average Bonchev–Trinajstić information content (AvgIpc) is 2.15. The van der Waals surface area contributed by atoms with Crippen molar-refractivity contribution in [3.63, 3.8) is 0 Å². The van der Waals surface area contributed by atoms with Gasteiger partial charge in [-0.15, -0.1) is 11.6 Å². The predicted octanol–water partition coefficient (Wildman–Crippen LogP) is 2.26. The zero-order valence-electron chi connectivity index (χ0n) is 8.02. The summed E-state index contributed by atoms with van der Waals surface area (Å²) in [6, 6.07) is 0.772. The fourth-order valence-corrected chi connectivity index (χ4v) is 4.50. The van der Waals surface area contributed by atoms with E-state index >= 15 is 0 Å². The van der Waals surface area contributed by atoms with E-state index in [0.29, 0.717) is 19.1 Å². The van der Waals surface area contributed by atoms with Crippen molar-refractivity contribution >= 4 is 36.3 Å². The van der Waals surface area contributed by atoms with Gasteiger partial charge >= 0.3 is 8.80 Å². The summed E-state index contributed by atoms with van der Waals surface area (Å²) in [5.74, 6) is 0.466. The molecule has 0 saturated carbocycles. The van der Waals surface area contributed by atoms with Crippen LogP contribution < -0.4 is 0 Å². The number of hydrogen-bond acceptors (Lipinski definition) is 3. The molecule has 0 N–H and O–H groups in total. The molecule has 0 aliphatic carbocycles. The molecular formula is C7H16BrClO3Si. The molecule has 0 radical (unpaired) electrons. The fraction of sp³-hybridized carbons (Fsp3) is 1.00. The van der Waals surface area contributed by atoms with E-state index in [0.717, 1.165) is 11.4 Å². The van der Waals surface area contributed by atoms with Gasteiger partial charge in [0.05, 0.1) is 6.61 Å². The molecule has 0 aromatic rings. The molecular weight excluding hydrogens is 276 g/mol. The van der Waals surface area contributed by atoms with Gasteiger partial charge in [0.1, 0.15) is 0 Å². The molecule has 1 unspecified atom stereocenters. The summed E-state index contributed by atoms with van der Waals surface area (Å²) in [4.78, 5) is 0. The van der Waals surface area contributed by atoms with Crippen molar-refractivity contribution < 1.29 is 13.3 Å². The third-order valence-electron chi connectivity index (χ3n) is 1.48. The summed E-state index contributed by atoms with van der Waals surface area (Å²) >= 11 is 8.89. The zero-order valence-corrected chi connectivity index (χ0v) is 11.4. The Bertz CT molecular complexity index is 122. The Morgan fingerprint density at radius 1 is 1.38 bits per heavy atom. The first-order valence-electron chi connectivity index (χ1n) is 4.19. The van der Waals surface area contributed by atoms with Crippen LogP contribution in [0.15, 0.2) is 0 Å². The average molecular weight is 292 g/mol. The highest BCUT2D eigenvalue weighted by Crippen LogP contribution is 2.16. The zero-order chi connectivity index (χ0) is 10.2. The highest BCUT2D eigenvalue weighted by Gasteiger charge is 2.38. The quantitative estimate of drug-likeness (QED) is 0.507. The van der Waals surface area contributed by atoms with Crippen molar-refractivity contribution in [1.29, 1.82) is 0 Å². The summed E-state index contributed by atoms with van der Waals surface area (Å²) in [6.07, 6.45) is 0. The van der Waals surface area contributed by atoms with Crippen molar-refractivity contribution in [3.05, 3.63) is 0 Å². The number of hydrogen-bond donors (Lipinski definition) is 0. The molecule has 0 aliphatic rings. The van der Waals surface area contributed by atoms with E-state index in [9.17, 15) is 0 Å². The van der Waals surface area contributed by atoms with E-state index < -0.39 is 8.80 Å². The molecule has 0 heterocycles. The Labute approximate surface area is 94.2 Å². The maximum atomic E-state index is 5.54. The summed E-state index contributed by atoms with van der Waals surface area (Å²) in [6.45, 7) is 3.02. The van der Waals surface area contributed by atoms with Crippen LogP contribution >= 0.6 is 27.5 Å². The van der Waals surface area contributed by atoms with Gasteiger partial charge < -0.3 is 13.3 Å². The minimum Gasteiger partial charge on any atom is -0.377 e. The van der Waals surface area contributed by atoms with Crippen LogP contribution in [-0.2, 0) is 13.3 Å². The largest absolute Gasteiger partial charge is 0.501 e. The normalized spacial score (nSPS) is 15.7. The summed E-state index contributed by atoms with van der Waals surface area (Å²) in [7, 11) is -0.798. The summed E-state index contributed by atoms with van der Waals surface area (Å²) in [5.41, 5.74) is 0. The number of halogens is 2. The second-order valence-electron chi connectivity index (χ2n) is 2.30. The Kier molecular flexibility index (Phi) is 8.74. The Balaban J connectivity index is 4.07. The maximum absolute atomic E-state index is 5.54. The molecule has 0 saturated heterocycles. The number of rotatable bonds is 8. The molecule has 13 heavy (non-hydrogen) atoms. The molecule has 0 aromatic heterocycles. The topological polar surface area (TPSA) is 27.7 Å². The van der Waals surface area contributed by atoms with Gasteiger partial charge in [0.15, 0.2) is 0 Å². The molecule has 80 valence electrons. The van der Waals surface area contributed by atoms with Gasteiger partial charge in [-0.05, 0) is 6.92 Å². The second-order valence-corrected chi connectivity index (χ2v) is 6.32. The minimum atomic E-state index is -2.42. The van der Waals surface area contributed by atoms with E-state index in [1.54, 1.807) is 7.11 Å². The lowest BCUT2D eigenvalue weighted by molar-refractivity contribution is 0.0890. The third kappa shape index (κ3) is 5.34. The van der Waals surface area contributed by atoms with Gasteiger partial charge in [-0.2, -0.15) is 0 Å². The molecule has 1 atom stereocenters. The SMILES string of the molecule is CCO[Si](CCBr)(OC)OCCCl. The first-order valence-corrected chi connectivity index (χ1v) is 7.78. The van der Waals surface area contributed by atoms with E-state index in [1.165, 1.54) is 0 Å². The van der Waals surface area contributed by atoms with Crippen LogP contribution in [0.5, 0.6) is 0 Å². The van der Waals surface area contributed by atoms with Gasteiger partial charge in [0.25, 0.3) is 0 Å². The first kappa shape index (κ1) is 13.9. The van der Waals surface area contributed by atoms with Crippen LogP contribution in [0.2, 0.25) is 6.04 Å². The molecule has 0 aliphatic heterocycles. The van der Waals surface area contributed by atoms with Gasteiger partial charge in [-0.1, -0.05) is 15.9 Å². The Morgan fingerprint density at radius 2 is 2.08 bits per heavy atom. The van der Waals surface area contributed by atoms with Crippen molar-refractivity contribution in [2.24, 2.45) is 0 Å². The van der Waals surface area contributed by atoms with Crippen molar-refractivity contribution in [1.82, 2.24) is 0 Å². The number of alkyl halides is 2. The lowest BCUT2D eigenvalue weighted by atomic mass is 10.9. The molecule has 0 amide bonds. The summed E-state index contributed by atoms with van der Waals surface area (Å²) in [5, 5.41) is 0.815. The third-order valence-corrected chi connectivity index (χ3v) is 5.61. The smallest absolute Gasteiger partial charge is 0.377 e. The van der Waals surface area contributed by atoms with Crippen LogP contribution in [-0.4, -0.2) is 40.3 Å². The maximum Gasteiger partial charge on any atom is 0.501 e. The van der Waals surface area contributed by atoms with E-state index in [2.05, 4.69) is 15.9 Å². The van der Waals surface area contributed by atoms with Gasteiger partial charge in [0, 0.05) is 31.0 Å². The van der Waals surface area contributed by atoms with Crippen molar-refractivity contribution in [2.75, 3.05) is 31.5 Å². The van der Waals surface area contributed by atoms with Gasteiger partial charge in [-0.3, -0.25) is 0 Å². The summed E-state index contributed by atoms with van der Waals surface area (Å²) < 4.78 is 16.4. The molecule has 6 heteroatoms. The van der Waals surface area contributed by atoms with Crippen LogP contribution in [0.3, 0.4) is 0 Å². The fourth-order valence-electron chi connectivity index (χ4n) is 0.936. The van der Waals surface area contributed by atoms with E-state index in [-0.39, 0.29) is 0 Å². The van der Waals surface area contributed by atoms with Gasteiger partial charge in [-0.25, -0.2) is 0 Å². The lowest BCUT2D eigenvalue weighted by Gasteiger charge is -2.26. The molecule has 3 nitrogen and oxygen atoms in total. The first-order chi connectivity index (χ1) is 6.24. The van der Waals surface area contributed by atoms with Crippen LogP contribution in [0.4, 0.5) is 0 Å². The Hall–Kier alpha value is 0.867. The second kappa shape index (κ2) is 8.20. The minimum absolute atomic E-state index is 0.466. The van der Waals surface area contributed by atoms with E-state index in [4.69, 9.17) is 24.9 Å². The molecule has 0 aromatic carbocycles. The van der Waals surface area contributed by atoms with Crippen LogP contribution in [0.1, 0.15) is 6.92 Å². The van der Waals surface area contributed by atoms with Crippen molar-refractivity contribution in [2.45, 2.75) is 13.0 Å². The predicted molar refractivity (Wildman–Crippen MR) is 59.7 cm³/mol. The lowest BCUT2D eigenvalue weighted by Crippen LogP contribution is -2.45. The standard InChI is InChI=1S/C7H16BrClO3Si/c1-3-11-13(10-2,7-4-8)12-6-5-9/h3-7H2,1-2H3. The van der Waals surface area contributed by atoms with Crippen LogP contribution in [0.25, 0.3) is 0 Å². The monoisotopic (exact) mass is 290 g/mol. The molecule has 0 rings (SSSR count). The van der Waals surface area contributed by atoms with E-state index in [1.807, 2.05) is 6.92 Å². The van der Waals surface area contributed by atoms with Crippen LogP contribution in [0, 0.1) is 0 Å². The molecule has 0 fully saturated rings.